The number of aromatic carboxylic acids is 1. The van der Waals surface area contributed by atoms with E-state index in [0.717, 1.165) is 0 Å². The van der Waals surface area contributed by atoms with Crippen molar-refractivity contribution in [3.8, 4) is 6.07 Å². The topological polar surface area (TPSA) is 104 Å². The van der Waals surface area contributed by atoms with Gasteiger partial charge in [0.15, 0.2) is 0 Å². The summed E-state index contributed by atoms with van der Waals surface area (Å²) in [6.07, 6.45) is 1.52. The maximum Gasteiger partial charge on any atom is 0.335 e. The molecule has 6 nitrogen and oxygen atoms in total. The van der Waals surface area contributed by atoms with Gasteiger partial charge in [0.05, 0.1) is 22.1 Å². The van der Waals surface area contributed by atoms with E-state index in [-0.39, 0.29) is 16.8 Å². The van der Waals surface area contributed by atoms with Gasteiger partial charge in [0.25, 0.3) is 5.69 Å². The molecule has 2 aromatic rings. The number of non-ortho nitro benzene ring substituents is 1. The van der Waals surface area contributed by atoms with Gasteiger partial charge >= 0.3 is 5.97 Å². The highest BCUT2D eigenvalue weighted by atomic mass is 16.6. The molecule has 22 heavy (non-hydrogen) atoms. The number of nitriles is 1. The van der Waals surface area contributed by atoms with Crippen molar-refractivity contribution in [3.05, 3.63) is 75.3 Å². The van der Waals surface area contributed by atoms with Gasteiger partial charge in [0.2, 0.25) is 0 Å². The Labute approximate surface area is 125 Å². The van der Waals surface area contributed by atoms with Crippen molar-refractivity contribution >= 4 is 23.3 Å². The Bertz CT molecular complexity index is 802. The molecule has 0 saturated heterocycles. The van der Waals surface area contributed by atoms with E-state index < -0.39 is 10.9 Å². The van der Waals surface area contributed by atoms with Crippen LogP contribution in [0.4, 0.5) is 5.69 Å². The van der Waals surface area contributed by atoms with Gasteiger partial charge in [-0.15, -0.1) is 0 Å². The summed E-state index contributed by atoms with van der Waals surface area (Å²) in [6.45, 7) is 0. The molecule has 0 aliphatic rings. The fourth-order valence-electron chi connectivity index (χ4n) is 1.87. The first kappa shape index (κ1) is 14.9. The lowest BCUT2D eigenvalue weighted by molar-refractivity contribution is -0.384. The van der Waals surface area contributed by atoms with Gasteiger partial charge in [-0.2, -0.15) is 5.26 Å². The summed E-state index contributed by atoms with van der Waals surface area (Å²) in [5, 5.41) is 28.8. The number of hydrogen-bond donors (Lipinski definition) is 1. The van der Waals surface area contributed by atoms with Crippen molar-refractivity contribution in [1.82, 2.24) is 0 Å². The van der Waals surface area contributed by atoms with E-state index in [2.05, 4.69) is 0 Å². The largest absolute Gasteiger partial charge is 0.478 e. The van der Waals surface area contributed by atoms with Crippen LogP contribution in [0.3, 0.4) is 0 Å². The molecule has 0 aliphatic carbocycles. The molecule has 1 N–H and O–H groups in total. The predicted octanol–water partition coefficient (Wildman–Crippen LogP) is 3.36. The third-order valence-corrected chi connectivity index (χ3v) is 2.96. The zero-order chi connectivity index (χ0) is 16.1. The average Bonchev–Trinajstić information content (AvgIpc) is 2.53. The van der Waals surface area contributed by atoms with Gasteiger partial charge in [-0.25, -0.2) is 4.79 Å². The molecule has 2 rings (SSSR count). The predicted molar refractivity (Wildman–Crippen MR) is 80.0 cm³/mol. The van der Waals surface area contributed by atoms with Crippen molar-refractivity contribution in [2.75, 3.05) is 0 Å². The van der Waals surface area contributed by atoms with Crippen molar-refractivity contribution in [2.24, 2.45) is 0 Å². The lowest BCUT2D eigenvalue weighted by Gasteiger charge is -2.01. The molecule has 0 amide bonds. The van der Waals surface area contributed by atoms with Crippen LogP contribution in [0, 0.1) is 21.4 Å². The zero-order valence-corrected chi connectivity index (χ0v) is 11.3. The molecule has 0 fully saturated rings. The van der Waals surface area contributed by atoms with Gasteiger partial charge in [-0.05, 0) is 29.3 Å². The summed E-state index contributed by atoms with van der Waals surface area (Å²) in [6, 6.07) is 13.8. The smallest absolute Gasteiger partial charge is 0.335 e. The van der Waals surface area contributed by atoms with E-state index in [1.165, 1.54) is 48.5 Å². The minimum absolute atomic E-state index is 0.0627. The molecule has 2 aromatic carbocycles. The van der Waals surface area contributed by atoms with Crippen molar-refractivity contribution in [2.45, 2.75) is 0 Å². The minimum Gasteiger partial charge on any atom is -0.478 e. The van der Waals surface area contributed by atoms with Gasteiger partial charge in [0, 0.05) is 12.1 Å². The summed E-state index contributed by atoms with van der Waals surface area (Å²) in [4.78, 5) is 21.0. The number of allylic oxidation sites excluding steroid dienone is 1. The third kappa shape index (κ3) is 3.35. The van der Waals surface area contributed by atoms with Crippen LogP contribution in [0.2, 0.25) is 0 Å². The average molecular weight is 294 g/mol. The summed E-state index contributed by atoms with van der Waals surface area (Å²) < 4.78 is 0. The number of carboxylic acids is 1. The first-order valence-corrected chi connectivity index (χ1v) is 6.21. The second-order valence-electron chi connectivity index (χ2n) is 4.40. The number of nitrogens with zero attached hydrogens (tertiary/aromatic N) is 2. The van der Waals surface area contributed by atoms with Gasteiger partial charge in [-0.1, -0.05) is 24.3 Å². The van der Waals surface area contributed by atoms with Crippen LogP contribution in [0.5, 0.6) is 0 Å². The maximum atomic E-state index is 10.8. The lowest BCUT2D eigenvalue weighted by atomic mass is 10.0. The Morgan fingerprint density at radius 1 is 1.18 bits per heavy atom. The molecule has 0 radical (unpaired) electrons. The molecule has 0 aliphatic heterocycles. The fraction of sp³-hybridized carbons (Fsp3) is 0. The summed E-state index contributed by atoms with van der Waals surface area (Å²) >= 11 is 0. The molecular formula is C16H10N2O4. The quantitative estimate of drug-likeness (QED) is 0.403. The van der Waals surface area contributed by atoms with Crippen LogP contribution >= 0.6 is 0 Å². The van der Waals surface area contributed by atoms with Crippen LogP contribution in [-0.2, 0) is 0 Å². The number of nitro groups is 1. The van der Waals surface area contributed by atoms with E-state index in [4.69, 9.17) is 5.11 Å². The van der Waals surface area contributed by atoms with Crippen molar-refractivity contribution in [1.29, 1.82) is 5.26 Å². The number of nitro benzene ring substituents is 1. The monoisotopic (exact) mass is 294 g/mol. The van der Waals surface area contributed by atoms with E-state index in [9.17, 15) is 20.2 Å². The summed E-state index contributed by atoms with van der Waals surface area (Å²) in [5.41, 5.74) is 1.41. The van der Waals surface area contributed by atoms with Gasteiger partial charge in [-0.3, -0.25) is 10.1 Å². The molecule has 108 valence electrons. The Morgan fingerprint density at radius 2 is 1.82 bits per heavy atom. The number of hydrogen-bond acceptors (Lipinski definition) is 4. The van der Waals surface area contributed by atoms with Crippen molar-refractivity contribution in [3.63, 3.8) is 0 Å². The highest BCUT2D eigenvalue weighted by molar-refractivity contribution is 5.92. The van der Waals surface area contributed by atoms with Crippen LogP contribution in [-0.4, -0.2) is 16.0 Å². The highest BCUT2D eigenvalue weighted by Crippen LogP contribution is 2.21. The Kier molecular flexibility index (Phi) is 4.30. The van der Waals surface area contributed by atoms with Crippen LogP contribution < -0.4 is 0 Å². The summed E-state index contributed by atoms with van der Waals surface area (Å²) in [7, 11) is 0. The van der Waals surface area contributed by atoms with Crippen molar-refractivity contribution < 1.29 is 14.8 Å². The zero-order valence-electron chi connectivity index (χ0n) is 11.3. The highest BCUT2D eigenvalue weighted by Gasteiger charge is 2.07. The fourth-order valence-corrected chi connectivity index (χ4v) is 1.87. The molecule has 0 saturated carbocycles. The molecule has 6 heteroatoms. The van der Waals surface area contributed by atoms with E-state index >= 15 is 0 Å². The molecule has 0 spiro atoms. The third-order valence-electron chi connectivity index (χ3n) is 2.96. The minimum atomic E-state index is -1.05. The molecule has 0 bridgehead atoms. The molecule has 0 atom stereocenters. The number of rotatable bonds is 4. The second kappa shape index (κ2) is 6.33. The Morgan fingerprint density at radius 3 is 2.36 bits per heavy atom. The Balaban J connectivity index is 2.39. The number of carboxylic acid groups (broad SMARTS) is 1. The standard InChI is InChI=1S/C16H10N2O4/c17-10-14(12-4-6-13(7-5-12)16(19)20)8-11-2-1-3-15(9-11)18(21)22/h1-9H,(H,19,20)/b14-8-. The maximum absolute atomic E-state index is 10.8. The Hall–Kier alpha value is -3.46. The molecule has 0 unspecified atom stereocenters. The summed E-state index contributed by atoms with van der Waals surface area (Å²) in [5.74, 6) is -1.05. The van der Waals surface area contributed by atoms with E-state index in [0.29, 0.717) is 11.1 Å². The number of benzene rings is 2. The van der Waals surface area contributed by atoms with Crippen LogP contribution in [0.1, 0.15) is 21.5 Å². The van der Waals surface area contributed by atoms with E-state index in [1.54, 1.807) is 6.07 Å². The van der Waals surface area contributed by atoms with E-state index in [1.807, 2.05) is 6.07 Å². The van der Waals surface area contributed by atoms with Crippen LogP contribution in [0.15, 0.2) is 48.5 Å². The first-order valence-electron chi connectivity index (χ1n) is 6.21. The van der Waals surface area contributed by atoms with Crippen LogP contribution in [0.25, 0.3) is 11.6 Å². The first-order chi connectivity index (χ1) is 10.5. The van der Waals surface area contributed by atoms with Gasteiger partial charge < -0.3 is 5.11 Å². The second-order valence-corrected chi connectivity index (χ2v) is 4.40. The van der Waals surface area contributed by atoms with Gasteiger partial charge in [0.1, 0.15) is 0 Å². The molecule has 0 aromatic heterocycles. The molecular weight excluding hydrogens is 284 g/mol. The normalized spacial score (nSPS) is 10.8. The number of carbonyl (C=O) groups is 1. The lowest BCUT2D eigenvalue weighted by Crippen LogP contribution is -1.95. The molecule has 0 heterocycles. The SMILES string of the molecule is N#C/C(=C/c1cccc([N+](=O)[O-])c1)c1ccc(C(=O)O)cc1.